The van der Waals surface area contributed by atoms with Crippen LogP contribution in [0.4, 0.5) is 0 Å². The van der Waals surface area contributed by atoms with E-state index >= 15 is 0 Å². The average molecular weight is 1200 g/mol. The smallest absolute Gasteiger partial charge is 0.333 e. The molecule has 4 aliphatic heterocycles. The summed E-state index contributed by atoms with van der Waals surface area (Å²) in [4.78, 5) is 27.1. The van der Waals surface area contributed by atoms with Crippen LogP contribution < -0.4 is 0 Å². The third-order valence-electron chi connectivity index (χ3n) is 21.1. The number of aliphatic hydroxyl groups is 6. The zero-order valence-corrected chi connectivity index (χ0v) is 51.5. The predicted molar refractivity (Wildman–Crippen MR) is 303 cm³/mol. The van der Waals surface area contributed by atoms with E-state index in [2.05, 4.69) is 0 Å². The number of hydrogen-bond acceptors (Lipinski definition) is 22. The van der Waals surface area contributed by atoms with Gasteiger partial charge in [0.15, 0.2) is 25.2 Å². The molecule has 1 aromatic carbocycles. The van der Waals surface area contributed by atoms with E-state index in [1.165, 1.54) is 19.3 Å². The second kappa shape index (κ2) is 25.9. The first-order valence-corrected chi connectivity index (χ1v) is 30.3. The lowest BCUT2D eigenvalue weighted by Gasteiger charge is -2.68. The molecule has 478 valence electrons. The lowest BCUT2D eigenvalue weighted by atomic mass is 9.41. The normalized spacial score (nSPS) is 47.8. The topological polar surface area (TPSA) is 285 Å². The molecule has 4 aliphatic carbocycles. The monoisotopic (exact) mass is 1200 g/mol. The van der Waals surface area contributed by atoms with E-state index in [1.54, 1.807) is 74.2 Å². The summed E-state index contributed by atoms with van der Waals surface area (Å²) in [6, 6.07) is 9.19. The summed E-state index contributed by atoms with van der Waals surface area (Å²) >= 11 is 0. The summed E-state index contributed by atoms with van der Waals surface area (Å²) in [5.74, 6) is -2.31. The summed E-state index contributed by atoms with van der Waals surface area (Å²) in [7, 11) is 6.17. The highest BCUT2D eigenvalue weighted by Crippen LogP contribution is 2.72. The van der Waals surface area contributed by atoms with Gasteiger partial charge in [-0.25, -0.2) is 9.59 Å². The summed E-state index contributed by atoms with van der Waals surface area (Å²) in [5.41, 5.74) is -9.67. The molecule has 4 saturated heterocycles. The van der Waals surface area contributed by atoms with Gasteiger partial charge in [0.2, 0.25) is 0 Å². The molecule has 8 aliphatic rings. The number of benzene rings is 1. The molecule has 1 aromatic rings. The fourth-order valence-electron chi connectivity index (χ4n) is 15.6. The van der Waals surface area contributed by atoms with Gasteiger partial charge in [0, 0.05) is 77.1 Å². The van der Waals surface area contributed by atoms with E-state index in [0.717, 1.165) is 5.56 Å². The molecule has 22 nitrogen and oxygen atoms in total. The highest BCUT2D eigenvalue weighted by Gasteiger charge is 2.82. The van der Waals surface area contributed by atoms with Crippen molar-refractivity contribution in [1.29, 1.82) is 0 Å². The first kappa shape index (κ1) is 66.1. The Kier molecular flexibility index (Phi) is 20.1. The van der Waals surface area contributed by atoms with Gasteiger partial charge in [-0.15, -0.1) is 0 Å². The van der Waals surface area contributed by atoms with Crippen molar-refractivity contribution in [3.8, 4) is 0 Å². The van der Waals surface area contributed by atoms with Gasteiger partial charge in [0.25, 0.3) is 0 Å². The van der Waals surface area contributed by atoms with Crippen molar-refractivity contribution < 1.29 is 107 Å². The van der Waals surface area contributed by atoms with Gasteiger partial charge in [0.05, 0.1) is 59.8 Å². The molecule has 85 heavy (non-hydrogen) atoms. The van der Waals surface area contributed by atoms with Crippen LogP contribution in [0.5, 0.6) is 0 Å². The third kappa shape index (κ3) is 11.9. The van der Waals surface area contributed by atoms with E-state index in [9.17, 15) is 40.2 Å². The summed E-state index contributed by atoms with van der Waals surface area (Å²) in [5, 5.41) is 73.9. The number of esters is 2. The SMILES string of the molecule is C/C=C(\C)C(=O)OC(C)[C@]1(O)CC[C@@]2(O)[C@]1(C)[C@H](OC(=O)/C=C/c1ccccc1)C[C@H]1[C@@]2(O)C=C[C@@]2(O)C[C@@H](O[C@H]3C[C@H](OC)[C@H](O[C@H]4C[C@H](OC)[C@H](O[C@H]5C[C@@H](OC)[C@H](O[C@@H]6O[C@H](C)[C@@H](O)[C@@H](OC)[C@H]6O)[C@@H](C)O5)[C@@H](C)O4)[C@@H](C)O3)CC[C@]12C. The van der Waals surface area contributed by atoms with Gasteiger partial charge < -0.3 is 97.0 Å². The first-order chi connectivity index (χ1) is 40.2. The standard InChI is InChI=1S/C63H94O22/c1-14-33(2)56(67)80-38(7)61(69)26-27-63(71)59(61,9)45(82-46(64)21-20-39-18-16-15-17-19-39)31-44-58(8)23-22-40(32-60(58,68)24-25-62(44,63)70)81-47-28-41(72-10)52(35(4)76-47)83-48-29-42(73-11)53(36(5)77-48)84-49-30-43(74-12)54(37(6)78-49)85-57-51(66)55(75-13)50(65)34(3)79-57/h14-21,24-25,34-38,40-45,47-55,57,65-66,68-71H,22-23,26-32H2,1-13H3/b21-20+,33-14+/t34-,35-,36-,37-,38?,40+,41+,42+,43-,44-,45-,47+,48+,49+,50-,51-,52-,53-,54-,55-,57+,58-,59-,60-,61-,62+,63-/m1/s1. The number of carbonyl (C=O) groups excluding carboxylic acids is 2. The molecular formula is C63H94O22. The van der Waals surface area contributed by atoms with Crippen LogP contribution in [0.2, 0.25) is 0 Å². The Morgan fingerprint density at radius 3 is 1.76 bits per heavy atom. The number of methoxy groups -OCH3 is 4. The van der Waals surface area contributed by atoms with Gasteiger partial charge in [-0.05, 0) is 92.2 Å². The Hall–Kier alpha value is -3.34. The lowest BCUT2D eigenvalue weighted by molar-refractivity contribution is -0.356. The van der Waals surface area contributed by atoms with Gasteiger partial charge in [0.1, 0.15) is 65.6 Å². The van der Waals surface area contributed by atoms with Gasteiger partial charge >= 0.3 is 11.9 Å². The minimum Gasteiger partial charge on any atom is -0.458 e. The zero-order valence-electron chi connectivity index (χ0n) is 51.5. The molecule has 22 heteroatoms. The molecule has 0 aromatic heterocycles. The van der Waals surface area contributed by atoms with Crippen molar-refractivity contribution in [3.05, 3.63) is 65.8 Å². The van der Waals surface area contributed by atoms with Crippen LogP contribution in [0, 0.1) is 16.7 Å². The quantitative estimate of drug-likeness (QED) is 0.0671. The predicted octanol–water partition coefficient (Wildman–Crippen LogP) is 4.49. The Morgan fingerprint density at radius 2 is 1.22 bits per heavy atom. The van der Waals surface area contributed by atoms with Crippen molar-refractivity contribution in [3.63, 3.8) is 0 Å². The van der Waals surface area contributed by atoms with Crippen LogP contribution in [-0.2, 0) is 75.9 Å². The van der Waals surface area contributed by atoms with Crippen LogP contribution in [0.15, 0.2) is 60.2 Å². The van der Waals surface area contributed by atoms with E-state index < -0.39 is 174 Å². The molecule has 0 spiro atoms. The van der Waals surface area contributed by atoms with E-state index in [0.29, 0.717) is 24.8 Å². The number of aliphatic hydroxyl groups excluding tert-OH is 2. The number of allylic oxidation sites excluding steroid dienone is 1. The Balaban J connectivity index is 0.843. The van der Waals surface area contributed by atoms with Gasteiger partial charge in [-0.3, -0.25) is 0 Å². The minimum absolute atomic E-state index is 0.0680. The highest BCUT2D eigenvalue weighted by atomic mass is 16.8. The number of fused-ring (bicyclic) bond motifs is 5. The maximum atomic E-state index is 13.9. The second-order valence-electron chi connectivity index (χ2n) is 25.5. The first-order valence-electron chi connectivity index (χ1n) is 30.3. The fourth-order valence-corrected chi connectivity index (χ4v) is 15.6. The summed E-state index contributed by atoms with van der Waals surface area (Å²) in [6.07, 6.45) is -6.27. The Labute approximate surface area is 499 Å². The van der Waals surface area contributed by atoms with Crippen molar-refractivity contribution in [2.24, 2.45) is 16.7 Å². The fraction of sp³-hybridized carbons (Fsp3) is 0.778. The van der Waals surface area contributed by atoms with Crippen LogP contribution in [0.25, 0.3) is 6.08 Å². The summed E-state index contributed by atoms with van der Waals surface area (Å²) < 4.78 is 87.0. The number of rotatable bonds is 18. The van der Waals surface area contributed by atoms with E-state index in [4.69, 9.17) is 66.3 Å². The van der Waals surface area contributed by atoms with Crippen molar-refractivity contribution >= 4 is 18.0 Å². The number of carbonyl (C=O) groups is 2. The second-order valence-corrected chi connectivity index (χ2v) is 25.5. The molecule has 27 atom stereocenters. The van der Waals surface area contributed by atoms with E-state index in [-0.39, 0.29) is 38.5 Å². The molecule has 3 saturated carbocycles. The van der Waals surface area contributed by atoms with E-state index in [1.807, 2.05) is 58.0 Å². The van der Waals surface area contributed by atoms with Gasteiger partial charge in [-0.2, -0.15) is 0 Å². The maximum absolute atomic E-state index is 13.9. The highest BCUT2D eigenvalue weighted by molar-refractivity contribution is 5.88. The molecule has 6 N–H and O–H groups in total. The molecule has 7 fully saturated rings. The minimum atomic E-state index is -2.16. The van der Waals surface area contributed by atoms with Crippen molar-refractivity contribution in [2.45, 2.75) is 265 Å². The molecule has 0 amide bonds. The zero-order chi connectivity index (χ0) is 61.8. The summed E-state index contributed by atoms with van der Waals surface area (Å²) in [6.45, 7) is 15.6. The number of hydrogen-bond donors (Lipinski definition) is 6. The van der Waals surface area contributed by atoms with Gasteiger partial charge in [-0.1, -0.05) is 62.4 Å². The molecule has 9 rings (SSSR count). The Bertz CT molecular complexity index is 2550. The molecule has 0 radical (unpaired) electrons. The van der Waals surface area contributed by atoms with Crippen LogP contribution in [-0.4, -0.2) is 216 Å². The Morgan fingerprint density at radius 1 is 0.671 bits per heavy atom. The number of ether oxygens (including phenoxy) is 14. The maximum Gasteiger partial charge on any atom is 0.333 e. The average Bonchev–Trinajstić information content (AvgIpc) is 1.63. The molecule has 0 bridgehead atoms. The largest absolute Gasteiger partial charge is 0.458 e. The molecule has 4 heterocycles. The van der Waals surface area contributed by atoms with Crippen molar-refractivity contribution in [2.75, 3.05) is 28.4 Å². The third-order valence-corrected chi connectivity index (χ3v) is 21.1. The van der Waals surface area contributed by atoms with Crippen LogP contribution >= 0.6 is 0 Å². The molecule has 1 unspecified atom stereocenters. The molecular weight excluding hydrogens is 1110 g/mol. The van der Waals surface area contributed by atoms with Crippen molar-refractivity contribution in [1.82, 2.24) is 0 Å². The van der Waals surface area contributed by atoms with Crippen LogP contribution in [0.3, 0.4) is 0 Å². The van der Waals surface area contributed by atoms with Crippen LogP contribution in [0.1, 0.15) is 126 Å². The lowest BCUT2D eigenvalue weighted by Crippen LogP contribution is -2.80.